The number of hydrogen-bond acceptors (Lipinski definition) is 2. The highest BCUT2D eigenvalue weighted by Crippen LogP contribution is 2.44. The maximum atomic E-state index is 3.85. The molecule has 0 aliphatic rings. The molecule has 0 spiro atoms. The molecular weight excluding hydrogens is 872 g/mol. The first-order valence-electron chi connectivity index (χ1n) is 15.5. The summed E-state index contributed by atoms with van der Waals surface area (Å²) in [6, 6.07) is 8.91. The molecule has 0 saturated heterocycles. The van der Waals surface area contributed by atoms with Crippen LogP contribution in [0.1, 0.15) is 104 Å². The van der Waals surface area contributed by atoms with E-state index in [9.17, 15) is 0 Å². The summed E-state index contributed by atoms with van der Waals surface area (Å²) in [6.07, 6.45) is 0. The lowest BCUT2D eigenvalue weighted by atomic mass is 10.1. The number of benzene rings is 1. The van der Waals surface area contributed by atoms with Crippen LogP contribution in [0.3, 0.4) is 0 Å². The molecule has 0 N–H and O–H groups in total. The minimum absolute atomic E-state index is 0.666. The van der Waals surface area contributed by atoms with Crippen LogP contribution in [0, 0.1) is 23.7 Å². The van der Waals surface area contributed by atoms with Crippen molar-refractivity contribution in [1.29, 1.82) is 0 Å². The van der Waals surface area contributed by atoms with Crippen molar-refractivity contribution in [2.45, 2.75) is 116 Å². The lowest BCUT2D eigenvalue weighted by Crippen LogP contribution is -2.54. The van der Waals surface area contributed by atoms with Gasteiger partial charge in [0.1, 0.15) is 16.1 Å². The first-order chi connectivity index (χ1) is 20.4. The van der Waals surface area contributed by atoms with Crippen molar-refractivity contribution in [3.8, 4) is 23.7 Å². The van der Waals surface area contributed by atoms with Crippen LogP contribution in [-0.4, -0.2) is 16.1 Å². The van der Waals surface area contributed by atoms with Gasteiger partial charge in [-0.2, -0.15) is 0 Å². The van der Waals surface area contributed by atoms with Crippen molar-refractivity contribution < 1.29 is 0 Å². The fourth-order valence-corrected chi connectivity index (χ4v) is 30.6. The molecule has 238 valence electrons. The molecule has 0 fully saturated rings. The van der Waals surface area contributed by atoms with Crippen LogP contribution >= 0.6 is 86.4 Å². The lowest BCUT2D eigenvalue weighted by molar-refractivity contribution is 0.837. The summed E-state index contributed by atoms with van der Waals surface area (Å²) in [5.41, 5.74) is 5.89. The van der Waals surface area contributed by atoms with Gasteiger partial charge in [-0.3, -0.25) is 0 Å². The summed E-state index contributed by atoms with van der Waals surface area (Å²) in [7, 11) is -3.46. The zero-order chi connectivity index (χ0) is 33.3. The number of halogens is 4. The zero-order valence-corrected chi connectivity index (χ0v) is 38.1. The second-order valence-corrected chi connectivity index (χ2v) is 31.7. The van der Waals surface area contributed by atoms with Gasteiger partial charge in [0.15, 0.2) is 0 Å². The van der Waals surface area contributed by atoms with Gasteiger partial charge < -0.3 is 0 Å². The van der Waals surface area contributed by atoms with Crippen molar-refractivity contribution in [3.05, 3.63) is 63.0 Å². The van der Waals surface area contributed by atoms with Gasteiger partial charge in [-0.25, -0.2) is 0 Å². The van der Waals surface area contributed by atoms with Crippen LogP contribution in [0.15, 0.2) is 42.2 Å². The molecule has 0 aliphatic carbocycles. The van der Waals surface area contributed by atoms with Crippen molar-refractivity contribution in [3.63, 3.8) is 0 Å². The zero-order valence-electron chi connectivity index (χ0n) is 28.1. The highest BCUT2D eigenvalue weighted by molar-refractivity contribution is 9.11. The van der Waals surface area contributed by atoms with Crippen LogP contribution in [-0.2, 0) is 0 Å². The van der Waals surface area contributed by atoms with Crippen molar-refractivity contribution in [2.24, 2.45) is 0 Å². The molecule has 1 aromatic carbocycles. The predicted molar refractivity (Wildman–Crippen MR) is 219 cm³/mol. The summed E-state index contributed by atoms with van der Waals surface area (Å²) in [4.78, 5) is 2.21. The average Bonchev–Trinajstić information content (AvgIpc) is 3.44. The lowest BCUT2D eigenvalue weighted by Gasteiger charge is -2.42. The monoisotopic (exact) mass is 914 g/mol. The van der Waals surface area contributed by atoms with Crippen molar-refractivity contribution in [1.82, 2.24) is 0 Å². The van der Waals surface area contributed by atoms with E-state index < -0.39 is 16.1 Å². The Balaban J connectivity index is 1.98. The van der Waals surface area contributed by atoms with E-state index >= 15 is 0 Å². The molecule has 0 bridgehead atoms. The van der Waals surface area contributed by atoms with Crippen LogP contribution in [0.2, 0.25) is 33.2 Å². The molecule has 3 aromatic rings. The van der Waals surface area contributed by atoms with Gasteiger partial charge >= 0.3 is 0 Å². The summed E-state index contributed by atoms with van der Waals surface area (Å²) in [6.45, 7) is 29.0. The Bertz CT molecular complexity index is 1440. The molecule has 2 aromatic heterocycles. The third kappa shape index (κ3) is 7.39. The fraction of sp³-hybridized carbons (Fsp3) is 0.500. The van der Waals surface area contributed by atoms with E-state index in [0.29, 0.717) is 33.2 Å². The molecule has 3 rings (SSSR count). The van der Waals surface area contributed by atoms with E-state index in [0.717, 1.165) is 38.8 Å². The third-order valence-corrected chi connectivity index (χ3v) is 30.6. The molecule has 0 aliphatic heterocycles. The summed E-state index contributed by atoms with van der Waals surface area (Å²) in [5.74, 6) is 13.9. The molecule has 0 saturated carbocycles. The minimum Gasteiger partial charge on any atom is -0.135 e. The highest BCUT2D eigenvalue weighted by Gasteiger charge is 2.47. The SMILES string of the molecule is CC(C)[Si](c1cc(Br)c(C#Cc2cc(Br)c(C#Cc3sc([Si](C(C)C)(C(C)C)C(C)C)cc3Br)cc2Br)s1)(C(C)C)C(C)C. The van der Waals surface area contributed by atoms with E-state index in [4.69, 9.17) is 0 Å². The molecule has 0 nitrogen and oxygen atoms in total. The molecule has 0 radical (unpaired) electrons. The average molecular weight is 919 g/mol. The topological polar surface area (TPSA) is 0 Å². The van der Waals surface area contributed by atoms with Crippen LogP contribution in [0.25, 0.3) is 0 Å². The van der Waals surface area contributed by atoms with E-state index in [-0.39, 0.29) is 0 Å². The van der Waals surface area contributed by atoms with Gasteiger partial charge in [0.25, 0.3) is 0 Å². The van der Waals surface area contributed by atoms with Crippen molar-refractivity contribution >= 4 is 112 Å². The molecule has 0 atom stereocenters. The van der Waals surface area contributed by atoms with E-state index in [1.807, 2.05) is 22.7 Å². The largest absolute Gasteiger partial charge is 0.135 e. The number of thiophene rings is 2. The smallest absolute Gasteiger partial charge is 0.107 e. The Hall–Kier alpha value is 0.0938. The van der Waals surface area contributed by atoms with Gasteiger partial charge in [-0.1, -0.05) is 94.9 Å². The quantitative estimate of drug-likeness (QED) is 0.156. The maximum Gasteiger partial charge on any atom is 0.107 e. The third-order valence-electron chi connectivity index (χ3n) is 9.64. The van der Waals surface area contributed by atoms with Gasteiger partial charge in [-0.15, -0.1) is 22.7 Å². The molecule has 0 amide bonds. The molecule has 2 heterocycles. The molecule has 44 heavy (non-hydrogen) atoms. The Labute approximate surface area is 311 Å². The normalized spacial score (nSPS) is 12.5. The number of hydrogen-bond donors (Lipinski definition) is 0. The fourth-order valence-electron chi connectivity index (χ4n) is 8.03. The summed E-state index contributed by atoms with van der Waals surface area (Å²) < 4.78 is 7.24. The standard InChI is InChI=1S/C36H46Br4S2Si2/c1-21(2)43(22(3)4,23(5)6)35-19-31(39)33(41-35)15-13-27-17-30(38)28(18-29(27)37)14-16-34-32(40)20-36(42-34)44(24(7)8,25(9)10)26(11)12/h17-26H,1-12H3. The second-order valence-electron chi connectivity index (χ2n) is 13.7. The molecule has 0 unspecified atom stereocenters. The van der Waals surface area contributed by atoms with E-state index in [1.54, 1.807) is 9.00 Å². The van der Waals surface area contributed by atoms with Gasteiger partial charge in [-0.05, 0) is 142 Å². The summed E-state index contributed by atoms with van der Waals surface area (Å²) >= 11 is 19.1. The van der Waals surface area contributed by atoms with Crippen molar-refractivity contribution in [2.75, 3.05) is 0 Å². The predicted octanol–water partition coefficient (Wildman–Crippen LogP) is 13.4. The Morgan fingerprint density at radius 3 is 0.955 bits per heavy atom. The molecular formula is C36H46Br4S2Si2. The first-order valence-corrected chi connectivity index (χ1v) is 24.8. The minimum atomic E-state index is -1.73. The Morgan fingerprint density at radius 1 is 0.432 bits per heavy atom. The van der Waals surface area contributed by atoms with Crippen LogP contribution in [0.5, 0.6) is 0 Å². The van der Waals surface area contributed by atoms with Crippen LogP contribution < -0.4 is 9.00 Å². The van der Waals surface area contributed by atoms with Gasteiger partial charge in [0, 0.05) is 29.0 Å². The highest BCUT2D eigenvalue weighted by atomic mass is 79.9. The van der Waals surface area contributed by atoms with E-state index in [1.165, 1.54) is 0 Å². The van der Waals surface area contributed by atoms with Gasteiger partial charge in [0.05, 0.1) is 9.75 Å². The van der Waals surface area contributed by atoms with E-state index in [2.05, 4.69) is 195 Å². The summed E-state index contributed by atoms with van der Waals surface area (Å²) in [5, 5.41) is 0. The Kier molecular flexibility index (Phi) is 13.6. The first kappa shape index (κ1) is 38.5. The Morgan fingerprint density at radius 2 is 0.705 bits per heavy atom. The second kappa shape index (κ2) is 15.5. The van der Waals surface area contributed by atoms with Gasteiger partial charge in [0.2, 0.25) is 0 Å². The van der Waals surface area contributed by atoms with Crippen LogP contribution in [0.4, 0.5) is 0 Å². The molecule has 8 heteroatoms. The number of rotatable bonds is 8. The maximum absolute atomic E-state index is 3.85.